The molecule has 0 bridgehead atoms. The molecule has 1 aromatic heterocycles. The van der Waals surface area contributed by atoms with Crippen molar-refractivity contribution in [1.82, 2.24) is 10.3 Å². The quantitative estimate of drug-likeness (QED) is 0.328. The predicted octanol–water partition coefficient (Wildman–Crippen LogP) is 2.91. The van der Waals surface area contributed by atoms with Gasteiger partial charge in [-0.25, -0.2) is 9.78 Å². The third-order valence-corrected chi connectivity index (χ3v) is 4.30. The van der Waals surface area contributed by atoms with Gasteiger partial charge in [0.15, 0.2) is 5.58 Å². The lowest BCUT2D eigenvalue weighted by atomic mass is 10.2. The number of rotatable bonds is 8. The molecule has 9 nitrogen and oxygen atoms in total. The lowest BCUT2D eigenvalue weighted by Crippen LogP contribution is -2.29. The molecule has 0 saturated heterocycles. The second-order valence-corrected chi connectivity index (χ2v) is 6.55. The standard InChI is InChI=1S/C19H17ClN4O5/c20-12-5-7-17-15(11-12)23-14(19(26)29-17)6-8-18(25)22-10-9-21-13-3-1-2-4-16(13)24(27)28/h1-5,7,11,21H,6,8-10H2,(H,22,25). The Labute approximate surface area is 169 Å². The number of benzene rings is 2. The minimum Gasteiger partial charge on any atom is -0.420 e. The number of carbonyl (C=O) groups excluding carboxylic acids is 1. The molecule has 0 atom stereocenters. The summed E-state index contributed by atoms with van der Waals surface area (Å²) < 4.78 is 5.18. The van der Waals surface area contributed by atoms with Gasteiger partial charge in [0, 0.05) is 37.0 Å². The highest BCUT2D eigenvalue weighted by Gasteiger charge is 2.12. The number of fused-ring (bicyclic) bond motifs is 1. The Balaban J connectivity index is 1.49. The van der Waals surface area contributed by atoms with Gasteiger partial charge in [-0.05, 0) is 24.3 Å². The van der Waals surface area contributed by atoms with Crippen LogP contribution in [0.1, 0.15) is 12.1 Å². The van der Waals surface area contributed by atoms with E-state index in [1.165, 1.54) is 6.07 Å². The Bertz CT molecular complexity index is 1120. The van der Waals surface area contributed by atoms with Crippen LogP contribution >= 0.6 is 11.6 Å². The summed E-state index contributed by atoms with van der Waals surface area (Å²) in [5.41, 5.74) is 0.671. The number of aromatic nitrogens is 1. The first-order valence-corrected chi connectivity index (χ1v) is 9.15. The minimum absolute atomic E-state index is 0.0342. The van der Waals surface area contributed by atoms with E-state index in [4.69, 9.17) is 16.0 Å². The first-order chi connectivity index (χ1) is 13.9. The normalized spacial score (nSPS) is 10.7. The van der Waals surface area contributed by atoms with Crippen molar-refractivity contribution in [3.05, 3.63) is 73.7 Å². The van der Waals surface area contributed by atoms with Crippen LogP contribution in [0.25, 0.3) is 11.1 Å². The fourth-order valence-electron chi connectivity index (χ4n) is 2.67. The molecule has 1 amide bonds. The second kappa shape index (κ2) is 9.16. The van der Waals surface area contributed by atoms with Gasteiger partial charge in [0.1, 0.15) is 16.9 Å². The van der Waals surface area contributed by atoms with Crippen LogP contribution in [0.2, 0.25) is 5.02 Å². The van der Waals surface area contributed by atoms with E-state index >= 15 is 0 Å². The number of anilines is 1. The molecule has 0 aliphatic heterocycles. The monoisotopic (exact) mass is 416 g/mol. The smallest absolute Gasteiger partial charge is 0.358 e. The van der Waals surface area contributed by atoms with Gasteiger partial charge in [-0.2, -0.15) is 0 Å². The highest BCUT2D eigenvalue weighted by atomic mass is 35.5. The predicted molar refractivity (Wildman–Crippen MR) is 108 cm³/mol. The third-order valence-electron chi connectivity index (χ3n) is 4.07. The molecule has 3 rings (SSSR count). The summed E-state index contributed by atoms with van der Waals surface area (Å²) in [4.78, 5) is 38.7. The van der Waals surface area contributed by atoms with E-state index in [9.17, 15) is 19.7 Å². The summed E-state index contributed by atoms with van der Waals surface area (Å²) in [6.07, 6.45) is 0.170. The van der Waals surface area contributed by atoms with E-state index in [2.05, 4.69) is 15.6 Å². The van der Waals surface area contributed by atoms with Crippen LogP contribution in [0.5, 0.6) is 0 Å². The highest BCUT2D eigenvalue weighted by molar-refractivity contribution is 6.31. The first-order valence-electron chi connectivity index (χ1n) is 8.77. The van der Waals surface area contributed by atoms with Gasteiger partial charge < -0.3 is 15.1 Å². The molecule has 0 unspecified atom stereocenters. The number of nitro groups is 1. The number of hydrogen-bond acceptors (Lipinski definition) is 7. The van der Waals surface area contributed by atoms with E-state index < -0.39 is 10.5 Å². The van der Waals surface area contributed by atoms with Crippen LogP contribution in [0, 0.1) is 10.1 Å². The largest absolute Gasteiger partial charge is 0.420 e. The molecular weight excluding hydrogens is 400 g/mol. The first kappa shape index (κ1) is 20.3. The molecule has 2 N–H and O–H groups in total. The molecule has 10 heteroatoms. The minimum atomic E-state index is -0.592. The van der Waals surface area contributed by atoms with Crippen molar-refractivity contribution in [2.24, 2.45) is 0 Å². The van der Waals surface area contributed by atoms with Crippen molar-refractivity contribution in [2.45, 2.75) is 12.8 Å². The molecule has 2 aromatic carbocycles. The number of aryl methyl sites for hydroxylation is 1. The van der Waals surface area contributed by atoms with Crippen LogP contribution in [0.4, 0.5) is 11.4 Å². The molecule has 29 heavy (non-hydrogen) atoms. The summed E-state index contributed by atoms with van der Waals surface area (Å²) in [5, 5.41) is 17.0. The van der Waals surface area contributed by atoms with Crippen molar-refractivity contribution >= 4 is 40.0 Å². The van der Waals surface area contributed by atoms with E-state index in [1.807, 2.05) is 0 Å². The number of nitrogens with one attached hydrogen (secondary N) is 2. The van der Waals surface area contributed by atoms with Gasteiger partial charge in [0.05, 0.1) is 4.92 Å². The summed E-state index contributed by atoms with van der Waals surface area (Å²) in [6, 6.07) is 11.0. The average Bonchev–Trinajstić information content (AvgIpc) is 2.70. The van der Waals surface area contributed by atoms with Crippen LogP contribution < -0.4 is 16.3 Å². The van der Waals surface area contributed by atoms with Gasteiger partial charge in [-0.15, -0.1) is 0 Å². The zero-order chi connectivity index (χ0) is 20.8. The summed E-state index contributed by atoms with van der Waals surface area (Å²) in [6.45, 7) is 0.575. The molecule has 150 valence electrons. The van der Waals surface area contributed by atoms with Gasteiger partial charge >= 0.3 is 5.63 Å². The van der Waals surface area contributed by atoms with Crippen molar-refractivity contribution in [3.63, 3.8) is 0 Å². The Hall–Kier alpha value is -3.46. The number of carbonyl (C=O) groups is 1. The number of hydrogen-bond donors (Lipinski definition) is 2. The Morgan fingerprint density at radius 2 is 2.00 bits per heavy atom. The number of para-hydroxylation sites is 2. The van der Waals surface area contributed by atoms with E-state index in [0.717, 1.165) is 0 Å². The van der Waals surface area contributed by atoms with E-state index in [1.54, 1.807) is 36.4 Å². The molecular formula is C19H17ClN4O5. The highest BCUT2D eigenvalue weighted by Crippen LogP contribution is 2.22. The van der Waals surface area contributed by atoms with Crippen molar-refractivity contribution < 1.29 is 14.1 Å². The Morgan fingerprint density at radius 3 is 2.79 bits per heavy atom. The van der Waals surface area contributed by atoms with Crippen LogP contribution in [0.3, 0.4) is 0 Å². The maximum atomic E-state index is 12.0. The fourth-order valence-corrected chi connectivity index (χ4v) is 2.84. The van der Waals surface area contributed by atoms with Gasteiger partial charge in [-0.1, -0.05) is 23.7 Å². The molecule has 0 aliphatic carbocycles. The molecule has 3 aromatic rings. The van der Waals surface area contributed by atoms with E-state index in [0.29, 0.717) is 28.4 Å². The van der Waals surface area contributed by atoms with E-state index in [-0.39, 0.29) is 36.7 Å². The maximum absolute atomic E-state index is 12.0. The lowest BCUT2D eigenvalue weighted by molar-refractivity contribution is -0.384. The van der Waals surface area contributed by atoms with Crippen LogP contribution in [-0.2, 0) is 11.2 Å². The number of halogens is 1. The molecule has 1 heterocycles. The number of nitro benzene ring substituents is 1. The third kappa shape index (κ3) is 5.29. The summed E-state index contributed by atoms with van der Waals surface area (Å²) >= 11 is 5.91. The van der Waals surface area contributed by atoms with Crippen molar-refractivity contribution in [1.29, 1.82) is 0 Å². The molecule has 0 radical (unpaired) electrons. The zero-order valence-electron chi connectivity index (χ0n) is 15.2. The molecule has 0 spiro atoms. The van der Waals surface area contributed by atoms with Crippen LogP contribution in [-0.4, -0.2) is 28.9 Å². The topological polar surface area (TPSA) is 127 Å². The van der Waals surface area contributed by atoms with Gasteiger partial charge in [0.25, 0.3) is 5.69 Å². The molecule has 0 saturated carbocycles. The Kier molecular flexibility index (Phi) is 6.40. The van der Waals surface area contributed by atoms with Gasteiger partial charge in [-0.3, -0.25) is 14.9 Å². The Morgan fingerprint density at radius 1 is 1.21 bits per heavy atom. The average molecular weight is 417 g/mol. The van der Waals surface area contributed by atoms with Crippen molar-refractivity contribution in [3.8, 4) is 0 Å². The van der Waals surface area contributed by atoms with Crippen molar-refractivity contribution in [2.75, 3.05) is 18.4 Å². The summed E-state index contributed by atoms with van der Waals surface area (Å²) in [7, 11) is 0. The maximum Gasteiger partial charge on any atom is 0.358 e. The van der Waals surface area contributed by atoms with Crippen LogP contribution in [0.15, 0.2) is 51.7 Å². The molecule has 0 fully saturated rings. The molecule has 0 aliphatic rings. The SMILES string of the molecule is O=C(CCc1nc2cc(Cl)ccc2oc1=O)NCCNc1ccccc1[N+](=O)[O-]. The second-order valence-electron chi connectivity index (χ2n) is 6.11. The summed E-state index contributed by atoms with van der Waals surface area (Å²) in [5.74, 6) is -0.276. The lowest BCUT2D eigenvalue weighted by Gasteiger charge is -2.08. The van der Waals surface area contributed by atoms with Gasteiger partial charge in [0.2, 0.25) is 5.91 Å². The number of nitrogens with zero attached hydrogens (tertiary/aromatic N) is 2. The zero-order valence-corrected chi connectivity index (χ0v) is 15.9. The fraction of sp³-hybridized carbons (Fsp3) is 0.211. The number of amides is 1.